The van der Waals surface area contributed by atoms with Crippen LogP contribution >= 0.6 is 0 Å². The van der Waals surface area contributed by atoms with E-state index in [-0.39, 0.29) is 17.2 Å². The molecule has 0 saturated carbocycles. The number of nitrogens with two attached hydrogens (primary N) is 1. The normalized spacial score (nSPS) is 11.8. The van der Waals surface area contributed by atoms with Crippen molar-refractivity contribution >= 4 is 23.5 Å². The van der Waals surface area contributed by atoms with Crippen molar-refractivity contribution in [1.82, 2.24) is 5.32 Å². The summed E-state index contributed by atoms with van der Waals surface area (Å²) in [5.41, 5.74) is 5.52. The summed E-state index contributed by atoms with van der Waals surface area (Å²) in [4.78, 5) is 35.1. The molecule has 1 atom stereocenters. The van der Waals surface area contributed by atoms with Crippen molar-refractivity contribution in [3.05, 3.63) is 23.8 Å². The van der Waals surface area contributed by atoms with E-state index in [0.717, 1.165) is 13.2 Å². The Bertz CT molecular complexity index is 667. The van der Waals surface area contributed by atoms with Crippen molar-refractivity contribution in [2.75, 3.05) is 19.0 Å². The van der Waals surface area contributed by atoms with Crippen LogP contribution < -0.4 is 21.1 Å². The van der Waals surface area contributed by atoms with E-state index in [1.807, 2.05) is 0 Å². The fourth-order valence-electron chi connectivity index (χ4n) is 1.85. The molecule has 0 heterocycles. The van der Waals surface area contributed by atoms with Crippen LogP contribution in [-0.2, 0) is 14.3 Å². The smallest absolute Gasteiger partial charge is 0.387 e. The summed E-state index contributed by atoms with van der Waals surface area (Å²) in [6, 6.07) is 2.72. The lowest BCUT2D eigenvalue weighted by atomic mass is 10.1. The molecule has 0 radical (unpaired) electrons. The predicted molar refractivity (Wildman–Crippen MR) is 88.9 cm³/mol. The highest BCUT2D eigenvalue weighted by molar-refractivity contribution is 5.97. The third-order valence-electron chi connectivity index (χ3n) is 3.34. The second kappa shape index (κ2) is 9.66. The van der Waals surface area contributed by atoms with Crippen molar-refractivity contribution in [2.24, 2.45) is 11.7 Å². The fraction of sp³-hybridized carbons (Fsp3) is 0.438. The summed E-state index contributed by atoms with van der Waals surface area (Å²) in [5, 5.41) is 4.66. The van der Waals surface area contributed by atoms with Crippen LogP contribution in [0.15, 0.2) is 18.2 Å². The standard InChI is InChI=1S/C16H21F2N3O5/c1-8(2)13(19)14(23)20-7-12(22)21-10-5-4-9(15(24)25-3)6-11(10)26-16(17)18/h4-6,8,13,16H,7,19H2,1-3H3,(H,20,23)(H,21,22)/t13-/m0/s1. The number of anilines is 1. The van der Waals surface area contributed by atoms with E-state index in [0.29, 0.717) is 0 Å². The molecule has 1 rings (SSSR count). The van der Waals surface area contributed by atoms with E-state index in [1.54, 1.807) is 13.8 Å². The number of rotatable bonds is 8. The number of ether oxygens (including phenoxy) is 2. The zero-order valence-electron chi connectivity index (χ0n) is 14.5. The van der Waals surface area contributed by atoms with Crippen molar-refractivity contribution in [1.29, 1.82) is 0 Å². The Morgan fingerprint density at radius 3 is 2.42 bits per heavy atom. The Kier molecular flexibility index (Phi) is 7.91. The van der Waals surface area contributed by atoms with Crippen molar-refractivity contribution < 1.29 is 32.6 Å². The number of nitrogens with one attached hydrogen (secondary N) is 2. The molecule has 0 aliphatic heterocycles. The van der Waals surface area contributed by atoms with Gasteiger partial charge in [0.05, 0.1) is 30.9 Å². The van der Waals surface area contributed by atoms with Gasteiger partial charge in [-0.2, -0.15) is 8.78 Å². The molecule has 2 amide bonds. The summed E-state index contributed by atoms with van der Waals surface area (Å²) >= 11 is 0. The third-order valence-corrected chi connectivity index (χ3v) is 3.34. The van der Waals surface area contributed by atoms with Gasteiger partial charge in [-0.1, -0.05) is 13.8 Å². The first-order valence-corrected chi connectivity index (χ1v) is 7.66. The molecular weight excluding hydrogens is 352 g/mol. The van der Waals surface area contributed by atoms with Gasteiger partial charge in [0.25, 0.3) is 0 Å². The quantitative estimate of drug-likeness (QED) is 0.587. The number of hydrogen-bond acceptors (Lipinski definition) is 6. The molecule has 0 bridgehead atoms. The van der Waals surface area contributed by atoms with E-state index >= 15 is 0 Å². The largest absolute Gasteiger partial charge is 0.465 e. The molecule has 1 aromatic carbocycles. The molecule has 144 valence electrons. The monoisotopic (exact) mass is 373 g/mol. The number of hydrogen-bond donors (Lipinski definition) is 3. The third kappa shape index (κ3) is 6.28. The van der Waals surface area contributed by atoms with Gasteiger partial charge in [-0.25, -0.2) is 4.79 Å². The first kappa shape index (κ1) is 21.3. The number of methoxy groups -OCH3 is 1. The second-order valence-corrected chi connectivity index (χ2v) is 5.62. The van der Waals surface area contributed by atoms with Gasteiger partial charge in [0.2, 0.25) is 11.8 Å². The molecule has 0 aliphatic rings. The maximum atomic E-state index is 12.5. The van der Waals surface area contributed by atoms with Crippen LogP contribution in [0.5, 0.6) is 5.75 Å². The lowest BCUT2D eigenvalue weighted by Crippen LogP contribution is -2.46. The van der Waals surface area contributed by atoms with Crippen molar-refractivity contribution in [3.8, 4) is 5.75 Å². The summed E-state index contributed by atoms with van der Waals surface area (Å²) in [5.74, 6) is -2.48. The van der Waals surface area contributed by atoms with Gasteiger partial charge in [0.15, 0.2) is 0 Å². The average Bonchev–Trinajstić information content (AvgIpc) is 2.59. The number of carbonyl (C=O) groups is 3. The van der Waals surface area contributed by atoms with Crippen LogP contribution in [0.3, 0.4) is 0 Å². The maximum Gasteiger partial charge on any atom is 0.387 e. The molecule has 26 heavy (non-hydrogen) atoms. The van der Waals surface area contributed by atoms with Gasteiger partial charge in [-0.3, -0.25) is 9.59 Å². The summed E-state index contributed by atoms with van der Waals surface area (Å²) < 4.78 is 33.9. The zero-order valence-corrected chi connectivity index (χ0v) is 14.5. The van der Waals surface area contributed by atoms with Crippen LogP contribution in [0.4, 0.5) is 14.5 Å². The first-order valence-electron chi connectivity index (χ1n) is 7.66. The molecule has 0 aliphatic carbocycles. The molecule has 0 spiro atoms. The van der Waals surface area contributed by atoms with Gasteiger partial charge in [0.1, 0.15) is 5.75 Å². The highest BCUT2D eigenvalue weighted by Gasteiger charge is 2.19. The Balaban J connectivity index is 2.82. The Morgan fingerprint density at radius 1 is 1.23 bits per heavy atom. The van der Waals surface area contributed by atoms with E-state index in [9.17, 15) is 23.2 Å². The number of carbonyl (C=O) groups excluding carboxylic acids is 3. The van der Waals surface area contributed by atoms with Gasteiger partial charge >= 0.3 is 12.6 Å². The number of esters is 1. The molecule has 0 unspecified atom stereocenters. The Labute approximate surface area is 149 Å². The van der Waals surface area contributed by atoms with Gasteiger partial charge in [0, 0.05) is 0 Å². The fourth-order valence-corrected chi connectivity index (χ4v) is 1.85. The number of amides is 2. The summed E-state index contributed by atoms with van der Waals surface area (Å²) in [6.45, 7) is -0.0729. The molecule has 4 N–H and O–H groups in total. The molecule has 8 nitrogen and oxygen atoms in total. The Morgan fingerprint density at radius 2 is 1.88 bits per heavy atom. The molecule has 0 fully saturated rings. The molecule has 10 heteroatoms. The van der Waals surface area contributed by atoms with Crippen LogP contribution in [0.1, 0.15) is 24.2 Å². The number of alkyl halides is 2. The minimum atomic E-state index is -3.16. The molecule has 0 aromatic heterocycles. The van der Waals surface area contributed by atoms with E-state index in [2.05, 4.69) is 20.1 Å². The lowest BCUT2D eigenvalue weighted by Gasteiger charge is -2.16. The summed E-state index contributed by atoms with van der Waals surface area (Å²) in [7, 11) is 1.14. The SMILES string of the molecule is COC(=O)c1ccc(NC(=O)CNC(=O)[C@@H](N)C(C)C)c(OC(F)F)c1. The van der Waals surface area contributed by atoms with Crippen molar-refractivity contribution in [2.45, 2.75) is 26.5 Å². The Hall–Kier alpha value is -2.75. The lowest BCUT2D eigenvalue weighted by molar-refractivity contribution is -0.125. The second-order valence-electron chi connectivity index (χ2n) is 5.62. The van der Waals surface area contributed by atoms with Gasteiger partial charge < -0.3 is 25.8 Å². The predicted octanol–water partition coefficient (Wildman–Crippen LogP) is 1.11. The maximum absolute atomic E-state index is 12.5. The number of benzene rings is 1. The zero-order chi connectivity index (χ0) is 19.9. The van der Waals surface area contributed by atoms with Crippen LogP contribution in [-0.4, -0.2) is 44.1 Å². The van der Waals surface area contributed by atoms with E-state index < -0.39 is 42.7 Å². The van der Waals surface area contributed by atoms with Crippen LogP contribution in [0.2, 0.25) is 0 Å². The topological polar surface area (TPSA) is 120 Å². The minimum absolute atomic E-state index is 0.0302. The van der Waals surface area contributed by atoms with Crippen molar-refractivity contribution in [3.63, 3.8) is 0 Å². The molecule has 1 aromatic rings. The van der Waals surface area contributed by atoms with Gasteiger partial charge in [-0.15, -0.1) is 0 Å². The van der Waals surface area contributed by atoms with E-state index in [1.165, 1.54) is 12.1 Å². The highest BCUT2D eigenvalue weighted by atomic mass is 19.3. The highest BCUT2D eigenvalue weighted by Crippen LogP contribution is 2.27. The van der Waals surface area contributed by atoms with Crippen LogP contribution in [0, 0.1) is 5.92 Å². The summed E-state index contributed by atoms with van der Waals surface area (Å²) in [6.07, 6.45) is 0. The van der Waals surface area contributed by atoms with E-state index in [4.69, 9.17) is 5.73 Å². The molecule has 0 saturated heterocycles. The number of halogens is 2. The minimum Gasteiger partial charge on any atom is -0.465 e. The molecular formula is C16H21F2N3O5. The average molecular weight is 373 g/mol. The van der Waals surface area contributed by atoms with Crippen LogP contribution in [0.25, 0.3) is 0 Å². The van der Waals surface area contributed by atoms with Gasteiger partial charge in [-0.05, 0) is 24.1 Å². The first-order chi connectivity index (χ1) is 12.1.